The molecule has 1 aliphatic heterocycles. The quantitative estimate of drug-likeness (QED) is 0.875. The van der Waals surface area contributed by atoms with Gasteiger partial charge in [-0.3, -0.25) is 4.79 Å². The first kappa shape index (κ1) is 15.8. The van der Waals surface area contributed by atoms with Gasteiger partial charge in [0.05, 0.1) is 12.7 Å². The van der Waals surface area contributed by atoms with Crippen molar-refractivity contribution in [2.45, 2.75) is 45.3 Å². The first-order chi connectivity index (χ1) is 10.1. The van der Waals surface area contributed by atoms with E-state index in [9.17, 15) is 4.79 Å². The zero-order chi connectivity index (χ0) is 15.1. The lowest BCUT2D eigenvalue weighted by atomic mass is 10.0. The molecule has 1 aliphatic rings. The minimum atomic E-state index is 0.0931. The molecule has 1 saturated heterocycles. The van der Waals surface area contributed by atoms with Crippen LogP contribution >= 0.6 is 0 Å². The second-order valence-electron chi connectivity index (χ2n) is 5.86. The zero-order valence-corrected chi connectivity index (χ0v) is 13.0. The van der Waals surface area contributed by atoms with Gasteiger partial charge in [-0.15, -0.1) is 0 Å². The van der Waals surface area contributed by atoms with Crippen LogP contribution < -0.4 is 10.2 Å². The number of para-hydroxylation sites is 1. The SMILES string of the molecule is CC(C)OCCC(=O)N[C@H]1CCCN(c2ccccc2)C1. The number of nitrogens with zero attached hydrogens (tertiary/aromatic N) is 1. The fourth-order valence-corrected chi connectivity index (χ4v) is 2.66. The van der Waals surface area contributed by atoms with Crippen LogP contribution in [0.2, 0.25) is 0 Å². The van der Waals surface area contributed by atoms with E-state index in [0.29, 0.717) is 13.0 Å². The second-order valence-corrected chi connectivity index (χ2v) is 5.86. The third-order valence-electron chi connectivity index (χ3n) is 3.69. The molecular formula is C17H26N2O2. The van der Waals surface area contributed by atoms with Gasteiger partial charge in [-0.25, -0.2) is 0 Å². The van der Waals surface area contributed by atoms with E-state index in [1.165, 1.54) is 5.69 Å². The molecule has 4 nitrogen and oxygen atoms in total. The lowest BCUT2D eigenvalue weighted by molar-refractivity contribution is -0.123. The standard InChI is InChI=1S/C17H26N2O2/c1-14(2)21-12-10-17(20)18-15-7-6-11-19(13-15)16-8-4-3-5-9-16/h3-5,8-9,14-15H,6-7,10-13H2,1-2H3,(H,18,20)/t15-/m0/s1. The minimum absolute atomic E-state index is 0.0931. The van der Waals surface area contributed by atoms with Gasteiger partial charge in [0, 0.05) is 31.2 Å². The van der Waals surface area contributed by atoms with Gasteiger partial charge in [0.15, 0.2) is 0 Å². The van der Waals surface area contributed by atoms with E-state index in [1.807, 2.05) is 19.9 Å². The van der Waals surface area contributed by atoms with Crippen LogP contribution in [-0.4, -0.2) is 37.7 Å². The summed E-state index contributed by atoms with van der Waals surface area (Å²) in [5.74, 6) is 0.0931. The van der Waals surface area contributed by atoms with Crippen LogP contribution in [0.1, 0.15) is 33.1 Å². The summed E-state index contributed by atoms with van der Waals surface area (Å²) in [5.41, 5.74) is 1.24. The van der Waals surface area contributed by atoms with Crippen LogP contribution in [0.3, 0.4) is 0 Å². The Bertz CT molecular complexity index is 434. The molecule has 0 bridgehead atoms. The number of anilines is 1. The van der Waals surface area contributed by atoms with Crippen molar-refractivity contribution in [3.05, 3.63) is 30.3 Å². The average molecular weight is 290 g/mol. The fourth-order valence-electron chi connectivity index (χ4n) is 2.66. The number of amides is 1. The number of carbonyl (C=O) groups excluding carboxylic acids is 1. The Morgan fingerprint density at radius 2 is 2.14 bits per heavy atom. The van der Waals surface area contributed by atoms with Crippen molar-refractivity contribution in [1.82, 2.24) is 5.32 Å². The molecule has 1 fully saturated rings. The van der Waals surface area contributed by atoms with Gasteiger partial charge in [0.2, 0.25) is 5.91 Å². The summed E-state index contributed by atoms with van der Waals surface area (Å²) in [4.78, 5) is 14.3. The third kappa shape index (κ3) is 5.38. The highest BCUT2D eigenvalue weighted by molar-refractivity contribution is 5.76. The number of rotatable bonds is 6. The Kier molecular flexibility index (Phi) is 6.05. The molecule has 2 rings (SSSR count). The van der Waals surface area contributed by atoms with Crippen molar-refractivity contribution >= 4 is 11.6 Å². The van der Waals surface area contributed by atoms with Crippen molar-refractivity contribution in [3.8, 4) is 0 Å². The molecule has 0 spiro atoms. The van der Waals surface area contributed by atoms with Crippen LogP contribution in [0.5, 0.6) is 0 Å². The van der Waals surface area contributed by atoms with Gasteiger partial charge >= 0.3 is 0 Å². The summed E-state index contributed by atoms with van der Waals surface area (Å²) in [6.07, 6.45) is 2.80. The van der Waals surface area contributed by atoms with E-state index < -0.39 is 0 Å². The van der Waals surface area contributed by atoms with Crippen LogP contribution in [0.15, 0.2) is 30.3 Å². The zero-order valence-electron chi connectivity index (χ0n) is 13.0. The smallest absolute Gasteiger partial charge is 0.222 e. The summed E-state index contributed by atoms with van der Waals surface area (Å²) in [6, 6.07) is 10.6. The molecule has 21 heavy (non-hydrogen) atoms. The molecule has 0 aromatic heterocycles. The normalized spacial score (nSPS) is 18.8. The summed E-state index contributed by atoms with van der Waals surface area (Å²) < 4.78 is 5.42. The lowest BCUT2D eigenvalue weighted by Gasteiger charge is -2.34. The molecule has 1 heterocycles. The molecule has 4 heteroatoms. The van der Waals surface area contributed by atoms with Crippen molar-refractivity contribution < 1.29 is 9.53 Å². The van der Waals surface area contributed by atoms with Crippen molar-refractivity contribution in [3.63, 3.8) is 0 Å². The number of carbonyl (C=O) groups is 1. The van der Waals surface area contributed by atoms with Gasteiger partial charge < -0.3 is 15.0 Å². The molecule has 1 aromatic rings. The molecule has 1 N–H and O–H groups in total. The first-order valence-corrected chi connectivity index (χ1v) is 7.86. The number of piperidine rings is 1. The summed E-state index contributed by atoms with van der Waals surface area (Å²) in [6.45, 7) is 6.42. The van der Waals surface area contributed by atoms with Crippen LogP contribution in [0, 0.1) is 0 Å². The molecular weight excluding hydrogens is 264 g/mol. The fraction of sp³-hybridized carbons (Fsp3) is 0.588. The van der Waals surface area contributed by atoms with Gasteiger partial charge in [0.25, 0.3) is 0 Å². The average Bonchev–Trinajstić information content (AvgIpc) is 2.48. The largest absolute Gasteiger partial charge is 0.378 e. The highest BCUT2D eigenvalue weighted by atomic mass is 16.5. The van der Waals surface area contributed by atoms with Crippen LogP contribution in [-0.2, 0) is 9.53 Å². The van der Waals surface area contributed by atoms with Gasteiger partial charge in [-0.2, -0.15) is 0 Å². The van der Waals surface area contributed by atoms with E-state index in [1.54, 1.807) is 0 Å². The maximum Gasteiger partial charge on any atom is 0.222 e. The van der Waals surface area contributed by atoms with E-state index in [0.717, 1.165) is 25.9 Å². The molecule has 0 unspecified atom stereocenters. The number of hydrogen-bond acceptors (Lipinski definition) is 3. The van der Waals surface area contributed by atoms with Crippen LogP contribution in [0.25, 0.3) is 0 Å². The van der Waals surface area contributed by atoms with Gasteiger partial charge in [-0.05, 0) is 38.8 Å². The maximum absolute atomic E-state index is 11.9. The number of nitrogens with one attached hydrogen (secondary N) is 1. The molecule has 1 amide bonds. The van der Waals surface area contributed by atoms with Crippen molar-refractivity contribution in [2.24, 2.45) is 0 Å². The number of ether oxygens (including phenoxy) is 1. The Morgan fingerprint density at radius 3 is 2.86 bits per heavy atom. The topological polar surface area (TPSA) is 41.6 Å². The molecule has 0 saturated carbocycles. The van der Waals surface area contributed by atoms with Gasteiger partial charge in [0.1, 0.15) is 0 Å². The third-order valence-corrected chi connectivity index (χ3v) is 3.69. The van der Waals surface area contributed by atoms with Crippen LogP contribution in [0.4, 0.5) is 5.69 Å². The molecule has 1 aromatic carbocycles. The van der Waals surface area contributed by atoms with Crippen molar-refractivity contribution in [2.75, 3.05) is 24.6 Å². The predicted octanol–water partition coefficient (Wildman–Crippen LogP) is 2.59. The molecule has 116 valence electrons. The summed E-state index contributed by atoms with van der Waals surface area (Å²) in [7, 11) is 0. The molecule has 0 radical (unpaired) electrons. The summed E-state index contributed by atoms with van der Waals surface area (Å²) >= 11 is 0. The minimum Gasteiger partial charge on any atom is -0.378 e. The highest BCUT2D eigenvalue weighted by Gasteiger charge is 2.21. The van der Waals surface area contributed by atoms with Gasteiger partial charge in [-0.1, -0.05) is 18.2 Å². The van der Waals surface area contributed by atoms with E-state index in [4.69, 9.17) is 4.74 Å². The Hall–Kier alpha value is -1.55. The van der Waals surface area contributed by atoms with E-state index >= 15 is 0 Å². The lowest BCUT2D eigenvalue weighted by Crippen LogP contribution is -2.48. The van der Waals surface area contributed by atoms with E-state index in [-0.39, 0.29) is 18.1 Å². The second kappa shape index (κ2) is 8.03. The van der Waals surface area contributed by atoms with Crippen molar-refractivity contribution in [1.29, 1.82) is 0 Å². The Balaban J connectivity index is 1.77. The number of benzene rings is 1. The highest BCUT2D eigenvalue weighted by Crippen LogP contribution is 2.19. The van der Waals surface area contributed by atoms with E-state index in [2.05, 4.69) is 34.5 Å². The maximum atomic E-state index is 11.9. The first-order valence-electron chi connectivity index (χ1n) is 7.86. The monoisotopic (exact) mass is 290 g/mol. The molecule has 0 aliphatic carbocycles. The molecule has 1 atom stereocenters. The predicted molar refractivity (Wildman–Crippen MR) is 85.5 cm³/mol. The number of hydrogen-bond donors (Lipinski definition) is 1. The summed E-state index contributed by atoms with van der Waals surface area (Å²) in [5, 5.41) is 3.13. The Labute approximate surface area is 127 Å². The Morgan fingerprint density at radius 1 is 1.38 bits per heavy atom.